The Morgan fingerprint density at radius 1 is 1.33 bits per heavy atom. The van der Waals surface area contributed by atoms with E-state index in [1.807, 2.05) is 36.4 Å². The molecule has 0 radical (unpaired) electrons. The second-order valence-electron chi connectivity index (χ2n) is 5.48. The molecule has 1 aromatic heterocycles. The van der Waals surface area contributed by atoms with Crippen molar-refractivity contribution in [3.63, 3.8) is 0 Å². The van der Waals surface area contributed by atoms with E-state index in [9.17, 15) is 9.59 Å². The maximum absolute atomic E-state index is 12.2. The zero-order chi connectivity index (χ0) is 16.9. The molecule has 122 valence electrons. The highest BCUT2D eigenvalue weighted by molar-refractivity contribution is 5.68. The van der Waals surface area contributed by atoms with Gasteiger partial charge in [0.05, 0.1) is 18.3 Å². The van der Waals surface area contributed by atoms with Gasteiger partial charge < -0.3 is 9.64 Å². The van der Waals surface area contributed by atoms with Crippen molar-refractivity contribution in [1.82, 2.24) is 14.7 Å². The molecule has 1 aromatic carbocycles. The van der Waals surface area contributed by atoms with Crippen LogP contribution in [-0.4, -0.2) is 27.3 Å². The van der Waals surface area contributed by atoms with Gasteiger partial charge in [0.15, 0.2) is 0 Å². The number of hydrogen-bond acceptors (Lipinski definition) is 5. The van der Waals surface area contributed by atoms with Gasteiger partial charge in [-0.3, -0.25) is 4.79 Å². The van der Waals surface area contributed by atoms with Crippen molar-refractivity contribution in [3.05, 3.63) is 63.6 Å². The standard InChI is InChI=1S/C17H16N4O3/c18-7-9-21-16(22)10-14-11-20(8-6-15(14)19-21)17(23)24-12-13-4-2-1-3-5-13/h1-5,10H,6,8-9,11-12H2. The number of carbonyl (C=O) groups excluding carboxylic acids is 1. The van der Waals surface area contributed by atoms with Crippen LogP contribution in [0.25, 0.3) is 0 Å². The Labute approximate surface area is 138 Å². The fourth-order valence-corrected chi connectivity index (χ4v) is 2.59. The highest BCUT2D eigenvalue weighted by Crippen LogP contribution is 2.16. The van der Waals surface area contributed by atoms with E-state index in [0.717, 1.165) is 15.9 Å². The molecule has 0 atom stereocenters. The van der Waals surface area contributed by atoms with E-state index < -0.39 is 6.09 Å². The normalized spacial score (nSPS) is 13.0. The molecule has 24 heavy (non-hydrogen) atoms. The van der Waals surface area contributed by atoms with Crippen LogP contribution in [-0.2, 0) is 30.9 Å². The predicted octanol–water partition coefficient (Wildman–Crippen LogP) is 1.46. The van der Waals surface area contributed by atoms with Crippen LogP contribution in [0.2, 0.25) is 0 Å². The number of aromatic nitrogens is 2. The van der Waals surface area contributed by atoms with Gasteiger partial charge in [-0.1, -0.05) is 30.3 Å². The number of benzene rings is 1. The van der Waals surface area contributed by atoms with Gasteiger partial charge in [-0.2, -0.15) is 10.4 Å². The SMILES string of the molecule is N#CCn1nc2c(cc1=O)CN(C(=O)OCc1ccccc1)CC2. The first-order valence-electron chi connectivity index (χ1n) is 7.60. The summed E-state index contributed by atoms with van der Waals surface area (Å²) in [6.07, 6.45) is 0.118. The number of carbonyl (C=O) groups is 1. The van der Waals surface area contributed by atoms with E-state index in [2.05, 4.69) is 5.10 Å². The van der Waals surface area contributed by atoms with Crippen LogP contribution in [0.15, 0.2) is 41.2 Å². The Balaban J connectivity index is 1.66. The molecule has 0 saturated heterocycles. The van der Waals surface area contributed by atoms with Crippen molar-refractivity contribution in [2.45, 2.75) is 26.1 Å². The van der Waals surface area contributed by atoms with E-state index in [4.69, 9.17) is 10.00 Å². The molecule has 1 amide bonds. The van der Waals surface area contributed by atoms with Gasteiger partial charge in [0.25, 0.3) is 5.56 Å². The van der Waals surface area contributed by atoms with Crippen LogP contribution in [0.3, 0.4) is 0 Å². The maximum Gasteiger partial charge on any atom is 0.410 e. The number of rotatable bonds is 3. The minimum atomic E-state index is -0.411. The Hall–Kier alpha value is -3.14. The summed E-state index contributed by atoms with van der Waals surface area (Å²) in [4.78, 5) is 25.6. The number of fused-ring (bicyclic) bond motifs is 1. The summed E-state index contributed by atoms with van der Waals surface area (Å²) in [6.45, 7) is 0.900. The van der Waals surface area contributed by atoms with Crippen LogP contribution >= 0.6 is 0 Å². The van der Waals surface area contributed by atoms with Crippen LogP contribution in [0.4, 0.5) is 4.79 Å². The minimum absolute atomic E-state index is 0.0745. The third-order valence-corrected chi connectivity index (χ3v) is 3.83. The molecule has 0 unspecified atom stereocenters. The lowest BCUT2D eigenvalue weighted by molar-refractivity contribution is 0.0914. The van der Waals surface area contributed by atoms with Gasteiger partial charge in [0.2, 0.25) is 0 Å². The monoisotopic (exact) mass is 324 g/mol. The lowest BCUT2D eigenvalue weighted by Crippen LogP contribution is -2.38. The second-order valence-corrected chi connectivity index (χ2v) is 5.48. The molecular weight excluding hydrogens is 308 g/mol. The zero-order valence-corrected chi connectivity index (χ0v) is 13.0. The Morgan fingerprint density at radius 3 is 2.88 bits per heavy atom. The third kappa shape index (κ3) is 3.43. The molecule has 0 saturated carbocycles. The van der Waals surface area contributed by atoms with Crippen molar-refractivity contribution < 1.29 is 9.53 Å². The van der Waals surface area contributed by atoms with Gasteiger partial charge in [-0.15, -0.1) is 0 Å². The highest BCUT2D eigenvalue weighted by Gasteiger charge is 2.23. The number of hydrogen-bond donors (Lipinski definition) is 0. The number of amides is 1. The molecule has 2 aromatic rings. The summed E-state index contributed by atoms with van der Waals surface area (Å²) in [5, 5.41) is 12.9. The smallest absolute Gasteiger partial charge is 0.410 e. The molecule has 0 fully saturated rings. The van der Waals surface area contributed by atoms with Crippen LogP contribution in [0.1, 0.15) is 16.8 Å². The average Bonchev–Trinajstić information content (AvgIpc) is 2.61. The van der Waals surface area contributed by atoms with Crippen molar-refractivity contribution in [3.8, 4) is 6.07 Å². The summed E-state index contributed by atoms with van der Waals surface area (Å²) < 4.78 is 6.46. The van der Waals surface area contributed by atoms with E-state index in [1.54, 1.807) is 4.90 Å². The molecule has 7 heteroatoms. The minimum Gasteiger partial charge on any atom is -0.445 e. The predicted molar refractivity (Wildman–Crippen MR) is 84.9 cm³/mol. The molecule has 1 aliphatic heterocycles. The van der Waals surface area contributed by atoms with Gasteiger partial charge in [0, 0.05) is 24.6 Å². The van der Waals surface area contributed by atoms with Crippen molar-refractivity contribution >= 4 is 6.09 Å². The summed E-state index contributed by atoms with van der Waals surface area (Å²) in [5.41, 5.74) is 2.04. The molecule has 0 aliphatic carbocycles. The Kier molecular flexibility index (Phi) is 4.57. The zero-order valence-electron chi connectivity index (χ0n) is 13.0. The van der Waals surface area contributed by atoms with Crippen molar-refractivity contribution in [2.75, 3.05) is 6.54 Å². The average molecular weight is 324 g/mol. The summed E-state index contributed by atoms with van der Waals surface area (Å²) in [7, 11) is 0. The molecule has 1 aliphatic rings. The first kappa shape index (κ1) is 15.7. The maximum atomic E-state index is 12.2. The van der Waals surface area contributed by atoms with Crippen molar-refractivity contribution in [2.24, 2.45) is 0 Å². The van der Waals surface area contributed by atoms with Crippen LogP contribution < -0.4 is 5.56 Å². The first-order chi connectivity index (χ1) is 11.7. The van der Waals surface area contributed by atoms with Gasteiger partial charge in [0.1, 0.15) is 13.2 Å². The highest BCUT2D eigenvalue weighted by atomic mass is 16.6. The van der Waals surface area contributed by atoms with Crippen LogP contribution in [0.5, 0.6) is 0 Å². The van der Waals surface area contributed by atoms with Gasteiger partial charge in [-0.25, -0.2) is 9.48 Å². The second kappa shape index (κ2) is 6.96. The molecule has 3 rings (SSSR count). The van der Waals surface area contributed by atoms with Gasteiger partial charge >= 0.3 is 6.09 Å². The number of nitriles is 1. The molecule has 0 spiro atoms. The number of nitrogens with zero attached hydrogens (tertiary/aromatic N) is 4. The molecule has 2 heterocycles. The molecule has 0 bridgehead atoms. The topological polar surface area (TPSA) is 88.2 Å². The largest absolute Gasteiger partial charge is 0.445 e. The Morgan fingerprint density at radius 2 is 2.12 bits per heavy atom. The molecule has 0 N–H and O–H groups in total. The van der Waals surface area contributed by atoms with Gasteiger partial charge in [-0.05, 0) is 5.56 Å². The van der Waals surface area contributed by atoms with E-state index in [1.165, 1.54) is 6.07 Å². The van der Waals surface area contributed by atoms with E-state index in [0.29, 0.717) is 25.1 Å². The fraction of sp³-hybridized carbons (Fsp3) is 0.294. The lowest BCUT2D eigenvalue weighted by atomic mass is 10.1. The summed E-state index contributed by atoms with van der Waals surface area (Å²) >= 11 is 0. The van der Waals surface area contributed by atoms with E-state index in [-0.39, 0.29) is 18.7 Å². The fourth-order valence-electron chi connectivity index (χ4n) is 2.59. The quantitative estimate of drug-likeness (QED) is 0.853. The molecule has 7 nitrogen and oxygen atoms in total. The third-order valence-electron chi connectivity index (χ3n) is 3.83. The Bertz CT molecular complexity index is 839. The van der Waals surface area contributed by atoms with E-state index >= 15 is 0 Å². The first-order valence-corrected chi connectivity index (χ1v) is 7.60. The number of ether oxygens (including phenoxy) is 1. The summed E-state index contributed by atoms with van der Waals surface area (Å²) in [5.74, 6) is 0. The lowest BCUT2D eigenvalue weighted by Gasteiger charge is -2.27. The molecular formula is C17H16N4O3. The summed E-state index contributed by atoms with van der Waals surface area (Å²) in [6, 6.07) is 12.8. The van der Waals surface area contributed by atoms with Crippen molar-refractivity contribution in [1.29, 1.82) is 5.26 Å². The van der Waals surface area contributed by atoms with Crippen LogP contribution in [0, 0.1) is 11.3 Å².